The summed E-state index contributed by atoms with van der Waals surface area (Å²) in [6.07, 6.45) is 1.30. The summed E-state index contributed by atoms with van der Waals surface area (Å²) in [4.78, 5) is 30.0. The molecule has 2 rings (SSSR count). The van der Waals surface area contributed by atoms with Crippen molar-refractivity contribution in [3.8, 4) is 0 Å². The number of aromatic nitrogens is 1. The predicted molar refractivity (Wildman–Crippen MR) is 89.1 cm³/mol. The zero-order valence-electron chi connectivity index (χ0n) is 13.0. The van der Waals surface area contributed by atoms with Gasteiger partial charge in [-0.05, 0) is 32.0 Å². The third-order valence-corrected chi connectivity index (χ3v) is 3.68. The number of benzene rings is 1. The largest absolute Gasteiger partial charge is 0.446 e. The summed E-state index contributed by atoms with van der Waals surface area (Å²) in [5.41, 5.74) is 0.796. The first-order chi connectivity index (χ1) is 11.0. The number of nitrogens with one attached hydrogen (secondary N) is 1. The van der Waals surface area contributed by atoms with Gasteiger partial charge in [-0.2, -0.15) is 0 Å². The van der Waals surface area contributed by atoms with Crippen LogP contribution in [0.25, 0.3) is 0 Å². The number of carbonyl (C=O) groups is 2. The first kappa shape index (κ1) is 17.2. The van der Waals surface area contributed by atoms with Gasteiger partial charge in [0, 0.05) is 23.1 Å². The molecule has 1 heterocycles. The molecule has 0 saturated heterocycles. The van der Waals surface area contributed by atoms with Crippen molar-refractivity contribution in [3.05, 3.63) is 52.1 Å². The van der Waals surface area contributed by atoms with Crippen molar-refractivity contribution in [2.75, 3.05) is 13.1 Å². The molecule has 1 N–H and O–H groups in total. The fourth-order valence-electron chi connectivity index (χ4n) is 2.03. The second-order valence-corrected chi connectivity index (χ2v) is 5.73. The van der Waals surface area contributed by atoms with Gasteiger partial charge >= 0.3 is 0 Å². The Bertz CT molecular complexity index is 699. The molecule has 0 radical (unpaired) electrons. The first-order valence-electron chi connectivity index (χ1n) is 7.32. The minimum atomic E-state index is -0.288. The molecule has 0 aliphatic rings. The van der Waals surface area contributed by atoms with Gasteiger partial charge in [-0.3, -0.25) is 9.59 Å². The van der Waals surface area contributed by atoms with Gasteiger partial charge in [-0.15, -0.1) is 0 Å². The van der Waals surface area contributed by atoms with E-state index in [9.17, 15) is 9.59 Å². The van der Waals surface area contributed by atoms with Crippen LogP contribution in [0.3, 0.4) is 0 Å². The molecule has 0 bridgehead atoms. The predicted octanol–water partition coefficient (Wildman–Crippen LogP) is 2.85. The van der Waals surface area contributed by atoms with E-state index in [4.69, 9.17) is 4.42 Å². The van der Waals surface area contributed by atoms with E-state index in [-0.39, 0.29) is 24.1 Å². The summed E-state index contributed by atoms with van der Waals surface area (Å²) < 4.78 is 6.14. The summed E-state index contributed by atoms with van der Waals surface area (Å²) in [6, 6.07) is 7.19. The summed E-state index contributed by atoms with van der Waals surface area (Å²) in [5, 5.41) is 2.65. The average Bonchev–Trinajstić information content (AvgIpc) is 3.01. The van der Waals surface area contributed by atoms with Gasteiger partial charge in [0.25, 0.3) is 11.8 Å². The summed E-state index contributed by atoms with van der Waals surface area (Å²) in [5.74, 6) is -0.0770. The molecule has 0 aliphatic heterocycles. The minimum Gasteiger partial charge on any atom is -0.446 e. The number of halogens is 1. The van der Waals surface area contributed by atoms with Crippen LogP contribution in [0.2, 0.25) is 0 Å². The van der Waals surface area contributed by atoms with Gasteiger partial charge < -0.3 is 14.6 Å². The molecule has 0 spiro atoms. The smallest absolute Gasteiger partial charge is 0.273 e. The fourth-order valence-corrected chi connectivity index (χ4v) is 2.43. The summed E-state index contributed by atoms with van der Waals surface area (Å²) in [7, 11) is 0. The summed E-state index contributed by atoms with van der Waals surface area (Å²) >= 11 is 3.36. The Kier molecular flexibility index (Phi) is 5.92. The van der Waals surface area contributed by atoms with Crippen LogP contribution in [0.5, 0.6) is 0 Å². The lowest BCUT2D eigenvalue weighted by Gasteiger charge is -2.19. The van der Waals surface area contributed by atoms with Crippen LogP contribution >= 0.6 is 15.9 Å². The first-order valence-corrected chi connectivity index (χ1v) is 8.11. The van der Waals surface area contributed by atoms with Crippen LogP contribution in [0.4, 0.5) is 0 Å². The van der Waals surface area contributed by atoms with E-state index in [0.717, 1.165) is 4.47 Å². The maximum Gasteiger partial charge on any atom is 0.273 e. The van der Waals surface area contributed by atoms with Gasteiger partial charge in [0.15, 0.2) is 5.69 Å². The number of rotatable bonds is 6. The lowest BCUT2D eigenvalue weighted by molar-refractivity contribution is 0.0738. The highest BCUT2D eigenvalue weighted by atomic mass is 79.9. The molecule has 2 amide bonds. The van der Waals surface area contributed by atoms with Crippen LogP contribution in [0.1, 0.15) is 40.6 Å². The van der Waals surface area contributed by atoms with Crippen molar-refractivity contribution in [1.82, 2.24) is 15.2 Å². The monoisotopic (exact) mass is 379 g/mol. The molecule has 6 nitrogen and oxygen atoms in total. The van der Waals surface area contributed by atoms with Crippen LogP contribution in [0.15, 0.2) is 39.4 Å². The van der Waals surface area contributed by atoms with Gasteiger partial charge in [0.1, 0.15) is 6.26 Å². The standard InChI is InChI=1S/C16H18BrN3O3/c1-3-18-15(21)13-10-23-14(19-13)9-20(4-2)16(22)11-6-5-7-12(17)8-11/h5-8,10H,3-4,9H2,1-2H3,(H,18,21). The van der Waals surface area contributed by atoms with E-state index in [2.05, 4.69) is 26.2 Å². The molecule has 0 saturated carbocycles. The highest BCUT2D eigenvalue weighted by Gasteiger charge is 2.18. The molecule has 1 aromatic heterocycles. The molecule has 7 heteroatoms. The Hall–Kier alpha value is -2.15. The van der Waals surface area contributed by atoms with E-state index in [0.29, 0.717) is 24.5 Å². The molecule has 0 unspecified atom stereocenters. The van der Waals surface area contributed by atoms with Crippen LogP contribution < -0.4 is 5.32 Å². The van der Waals surface area contributed by atoms with Gasteiger partial charge in [0.2, 0.25) is 5.89 Å². The van der Waals surface area contributed by atoms with Crippen molar-refractivity contribution >= 4 is 27.7 Å². The van der Waals surface area contributed by atoms with Crippen molar-refractivity contribution < 1.29 is 14.0 Å². The van der Waals surface area contributed by atoms with Crippen LogP contribution in [-0.4, -0.2) is 34.8 Å². The number of amides is 2. The number of hydrogen-bond donors (Lipinski definition) is 1. The molecule has 1 aromatic carbocycles. The lowest BCUT2D eigenvalue weighted by atomic mass is 10.2. The normalized spacial score (nSPS) is 10.4. The third kappa shape index (κ3) is 4.41. The third-order valence-electron chi connectivity index (χ3n) is 3.19. The highest BCUT2D eigenvalue weighted by molar-refractivity contribution is 9.10. The van der Waals surface area contributed by atoms with Crippen molar-refractivity contribution in [2.24, 2.45) is 0 Å². The van der Waals surface area contributed by atoms with E-state index in [1.54, 1.807) is 17.0 Å². The number of carbonyl (C=O) groups excluding carboxylic acids is 2. The zero-order chi connectivity index (χ0) is 16.8. The lowest BCUT2D eigenvalue weighted by Crippen LogP contribution is -2.30. The average molecular weight is 380 g/mol. The second kappa shape index (κ2) is 7.92. The summed E-state index contributed by atoms with van der Waals surface area (Å²) in [6.45, 7) is 4.94. The van der Waals surface area contributed by atoms with E-state index in [1.807, 2.05) is 26.0 Å². The van der Waals surface area contributed by atoms with E-state index < -0.39 is 0 Å². The van der Waals surface area contributed by atoms with Gasteiger partial charge in [0.05, 0.1) is 6.54 Å². The van der Waals surface area contributed by atoms with Gasteiger partial charge in [-0.1, -0.05) is 22.0 Å². The second-order valence-electron chi connectivity index (χ2n) is 4.82. The Balaban J connectivity index is 2.10. The van der Waals surface area contributed by atoms with Crippen molar-refractivity contribution in [3.63, 3.8) is 0 Å². The maximum atomic E-state index is 12.5. The highest BCUT2D eigenvalue weighted by Crippen LogP contribution is 2.15. The molecule has 2 aromatic rings. The molecular formula is C16H18BrN3O3. The molecule has 122 valence electrons. The van der Waals surface area contributed by atoms with Crippen LogP contribution in [-0.2, 0) is 6.54 Å². The quantitative estimate of drug-likeness (QED) is 0.836. The molecule has 0 atom stereocenters. The number of oxazole rings is 1. The number of hydrogen-bond acceptors (Lipinski definition) is 4. The van der Waals surface area contributed by atoms with E-state index in [1.165, 1.54) is 6.26 Å². The number of nitrogens with zero attached hydrogens (tertiary/aromatic N) is 2. The Labute approximate surface area is 143 Å². The topological polar surface area (TPSA) is 75.4 Å². The molecule has 0 aliphatic carbocycles. The van der Waals surface area contributed by atoms with Crippen molar-refractivity contribution in [1.29, 1.82) is 0 Å². The molecule has 0 fully saturated rings. The SMILES string of the molecule is CCNC(=O)c1coc(CN(CC)C(=O)c2cccc(Br)c2)n1. The Morgan fingerprint density at radius 2 is 2.13 bits per heavy atom. The van der Waals surface area contributed by atoms with Gasteiger partial charge in [-0.25, -0.2) is 4.98 Å². The molecule has 23 heavy (non-hydrogen) atoms. The maximum absolute atomic E-state index is 12.5. The fraction of sp³-hybridized carbons (Fsp3) is 0.312. The van der Waals surface area contributed by atoms with Crippen LogP contribution in [0, 0.1) is 0 Å². The Morgan fingerprint density at radius 3 is 2.78 bits per heavy atom. The Morgan fingerprint density at radius 1 is 1.35 bits per heavy atom. The zero-order valence-corrected chi connectivity index (χ0v) is 14.6. The minimum absolute atomic E-state index is 0.119. The van der Waals surface area contributed by atoms with E-state index >= 15 is 0 Å². The molecular weight excluding hydrogens is 362 g/mol. The van der Waals surface area contributed by atoms with Crippen molar-refractivity contribution in [2.45, 2.75) is 20.4 Å².